The van der Waals surface area contributed by atoms with E-state index in [0.717, 1.165) is 16.3 Å². The molecule has 2 amide bonds. The highest BCUT2D eigenvalue weighted by Gasteiger charge is 2.35. The number of hydrogen-bond acceptors (Lipinski definition) is 5. The van der Waals surface area contributed by atoms with Crippen molar-refractivity contribution in [3.8, 4) is 16.9 Å². The quantitative estimate of drug-likeness (QED) is 0.398. The lowest BCUT2D eigenvalue weighted by atomic mass is 9.95. The number of benzene rings is 3. The molecule has 0 atom stereocenters. The van der Waals surface area contributed by atoms with Crippen LogP contribution in [0.4, 0.5) is 11.4 Å². The lowest BCUT2D eigenvalue weighted by Crippen LogP contribution is -2.55. The number of rotatable bonds is 5. The zero-order chi connectivity index (χ0) is 23.1. The van der Waals surface area contributed by atoms with E-state index in [4.69, 9.17) is 16.3 Å². The van der Waals surface area contributed by atoms with Crippen LogP contribution >= 0.6 is 11.6 Å². The van der Waals surface area contributed by atoms with E-state index >= 15 is 0 Å². The topological polar surface area (TPSA) is 79.3 Å². The molecule has 2 aliphatic heterocycles. The fraction of sp³-hybridized carbons (Fsp3) is 0.200. The van der Waals surface area contributed by atoms with Gasteiger partial charge in [0.1, 0.15) is 11.4 Å². The van der Waals surface area contributed by atoms with Crippen LogP contribution in [-0.2, 0) is 9.59 Å². The molecule has 0 bridgehead atoms. The van der Waals surface area contributed by atoms with E-state index in [1.807, 2.05) is 30.3 Å². The largest absolute Gasteiger partial charge is 0.482 e. The molecule has 1 fully saturated rings. The average Bonchev–Trinajstić information content (AvgIpc) is 2.80. The molecule has 166 valence electrons. The maximum atomic E-state index is 12.6. The van der Waals surface area contributed by atoms with Gasteiger partial charge >= 0.3 is 0 Å². The van der Waals surface area contributed by atoms with E-state index in [-0.39, 0.29) is 24.3 Å². The van der Waals surface area contributed by atoms with Crippen molar-refractivity contribution in [1.82, 2.24) is 4.90 Å². The summed E-state index contributed by atoms with van der Waals surface area (Å²) in [5.74, 6) is 0.451. The molecule has 0 spiro atoms. The summed E-state index contributed by atoms with van der Waals surface area (Å²) < 4.78 is 5.75. The van der Waals surface area contributed by atoms with Gasteiger partial charge in [0, 0.05) is 31.1 Å². The molecule has 0 saturated carbocycles. The summed E-state index contributed by atoms with van der Waals surface area (Å²) in [6.07, 6.45) is 1.30. The minimum absolute atomic E-state index is 0.0766. The molecule has 2 heterocycles. The van der Waals surface area contributed by atoms with Crippen molar-refractivity contribution in [2.24, 2.45) is 11.1 Å². The second kappa shape index (κ2) is 8.33. The smallest absolute Gasteiger partial charge is 0.265 e. The number of hydrogen-bond donors (Lipinski definition) is 0. The number of halogens is 1. The van der Waals surface area contributed by atoms with E-state index in [1.165, 1.54) is 6.08 Å². The highest BCUT2D eigenvalue weighted by atomic mass is 35.5. The summed E-state index contributed by atoms with van der Waals surface area (Å²) in [4.78, 5) is 39.0. The lowest BCUT2D eigenvalue weighted by molar-refractivity contribution is -0.131. The minimum atomic E-state index is -0.155. The molecule has 3 aromatic rings. The molecule has 0 unspecified atom stereocenters. The van der Waals surface area contributed by atoms with Gasteiger partial charge in [-0.25, -0.2) is 0 Å². The molecule has 1 saturated heterocycles. The van der Waals surface area contributed by atoms with Crippen LogP contribution in [0.1, 0.15) is 0 Å². The molecule has 7 nitrogen and oxygen atoms in total. The summed E-state index contributed by atoms with van der Waals surface area (Å²) in [6, 6.07) is 14.6. The van der Waals surface area contributed by atoms with Crippen molar-refractivity contribution in [3.05, 3.63) is 71.1 Å². The first-order chi connectivity index (χ1) is 16.0. The molecular weight excluding hydrogens is 442 g/mol. The van der Waals surface area contributed by atoms with Crippen molar-refractivity contribution >= 4 is 45.6 Å². The number of nitroso groups, excluding NO2 is 1. The second-order valence-electron chi connectivity index (χ2n) is 8.21. The van der Waals surface area contributed by atoms with E-state index in [9.17, 15) is 14.5 Å². The van der Waals surface area contributed by atoms with Crippen molar-refractivity contribution < 1.29 is 14.3 Å². The van der Waals surface area contributed by atoms with Crippen LogP contribution in [0.5, 0.6) is 5.75 Å². The van der Waals surface area contributed by atoms with Crippen LogP contribution in [0, 0.1) is 10.8 Å². The van der Waals surface area contributed by atoms with Gasteiger partial charge in [0.25, 0.3) is 5.91 Å². The highest BCUT2D eigenvalue weighted by Crippen LogP contribution is 2.44. The number of fused-ring (bicyclic) bond motifs is 2. The highest BCUT2D eigenvalue weighted by molar-refractivity contribution is 6.34. The first kappa shape index (κ1) is 21.2. The number of anilines is 1. The molecule has 0 aliphatic carbocycles. The van der Waals surface area contributed by atoms with Gasteiger partial charge < -0.3 is 14.5 Å². The first-order valence-electron chi connectivity index (χ1n) is 10.5. The van der Waals surface area contributed by atoms with E-state index < -0.39 is 0 Å². The molecule has 0 aromatic heterocycles. The predicted octanol–water partition coefficient (Wildman–Crippen LogP) is 4.93. The normalized spacial score (nSPS) is 15.6. The van der Waals surface area contributed by atoms with Crippen LogP contribution in [0.15, 0.2) is 66.4 Å². The van der Waals surface area contributed by atoms with E-state index in [0.29, 0.717) is 47.3 Å². The van der Waals surface area contributed by atoms with Crippen molar-refractivity contribution in [1.29, 1.82) is 0 Å². The van der Waals surface area contributed by atoms with E-state index in [2.05, 4.69) is 11.8 Å². The molecule has 0 radical (unpaired) electrons. The Morgan fingerprint density at radius 2 is 1.97 bits per heavy atom. The Kier molecular flexibility index (Phi) is 5.34. The minimum Gasteiger partial charge on any atom is -0.482 e. The van der Waals surface area contributed by atoms with Gasteiger partial charge in [0.05, 0.1) is 10.7 Å². The molecule has 2 aliphatic rings. The number of likely N-dealkylation sites (tertiary alicyclic amines) is 1. The molecule has 0 N–H and O–H groups in total. The Bertz CT molecular complexity index is 1320. The van der Waals surface area contributed by atoms with Gasteiger partial charge in [0.2, 0.25) is 5.91 Å². The SMILES string of the molecule is C=CC(=O)N1CC(CN2C(=O)COc3cc(-c4cc(N=O)cc5ccccc45)c(Cl)cc32)C1. The third-order valence-electron chi connectivity index (χ3n) is 6.12. The van der Waals surface area contributed by atoms with E-state index in [1.54, 1.807) is 28.0 Å². The summed E-state index contributed by atoms with van der Waals surface area (Å²) in [6.45, 7) is 5.06. The second-order valence-corrected chi connectivity index (χ2v) is 8.62. The van der Waals surface area contributed by atoms with Crippen LogP contribution in [0.2, 0.25) is 5.02 Å². The summed E-state index contributed by atoms with van der Waals surface area (Å²) >= 11 is 6.71. The van der Waals surface area contributed by atoms with Crippen molar-refractivity contribution in [3.63, 3.8) is 0 Å². The Morgan fingerprint density at radius 1 is 1.18 bits per heavy atom. The first-order valence-corrected chi connectivity index (χ1v) is 10.9. The number of carbonyl (C=O) groups excluding carboxylic acids is 2. The predicted molar refractivity (Wildman–Crippen MR) is 128 cm³/mol. The zero-order valence-electron chi connectivity index (χ0n) is 17.7. The zero-order valence-corrected chi connectivity index (χ0v) is 18.4. The summed E-state index contributed by atoms with van der Waals surface area (Å²) in [5.41, 5.74) is 2.36. The van der Waals surface area contributed by atoms with Crippen LogP contribution < -0.4 is 9.64 Å². The number of amides is 2. The third-order valence-corrected chi connectivity index (χ3v) is 6.43. The lowest BCUT2D eigenvalue weighted by Gasteiger charge is -2.42. The van der Waals surface area contributed by atoms with Gasteiger partial charge in [-0.15, -0.1) is 4.91 Å². The molecule has 8 heteroatoms. The van der Waals surface area contributed by atoms with Crippen molar-refractivity contribution in [2.45, 2.75) is 0 Å². The average molecular weight is 462 g/mol. The fourth-order valence-corrected chi connectivity index (χ4v) is 4.71. The molecular formula is C25H20ClN3O4. The standard InChI is InChI=1S/C25H20ClN3O4/c1-2-24(30)28-11-15(12-28)13-29-22-10-21(26)20(9-23(22)33-14-25(29)31)19-8-17(27-32)7-16-5-3-4-6-18(16)19/h2-10,15H,1,11-14H2. The number of carbonyl (C=O) groups is 2. The van der Waals surface area contributed by atoms with Gasteiger partial charge in [0.15, 0.2) is 6.61 Å². The maximum absolute atomic E-state index is 12.6. The Labute approximate surface area is 195 Å². The third kappa shape index (κ3) is 3.74. The Morgan fingerprint density at radius 3 is 2.73 bits per heavy atom. The van der Waals surface area contributed by atoms with Crippen LogP contribution in [-0.4, -0.2) is 43.0 Å². The van der Waals surface area contributed by atoms with Crippen LogP contribution in [0.25, 0.3) is 21.9 Å². The van der Waals surface area contributed by atoms with Crippen molar-refractivity contribution in [2.75, 3.05) is 31.1 Å². The van der Waals surface area contributed by atoms with Gasteiger partial charge in [-0.1, -0.05) is 42.4 Å². The number of ether oxygens (including phenoxy) is 1. The summed E-state index contributed by atoms with van der Waals surface area (Å²) in [7, 11) is 0. The van der Waals surface area contributed by atoms with Gasteiger partial charge in [-0.05, 0) is 51.9 Å². The van der Waals surface area contributed by atoms with Crippen LogP contribution in [0.3, 0.4) is 0 Å². The van der Waals surface area contributed by atoms with Gasteiger partial charge in [-0.3, -0.25) is 9.59 Å². The Balaban J connectivity index is 1.51. The molecule has 33 heavy (non-hydrogen) atoms. The number of nitrogens with zero attached hydrogens (tertiary/aromatic N) is 3. The molecule has 3 aromatic carbocycles. The summed E-state index contributed by atoms with van der Waals surface area (Å²) in [5, 5.41) is 5.34. The maximum Gasteiger partial charge on any atom is 0.265 e. The fourth-order valence-electron chi connectivity index (χ4n) is 4.45. The molecule has 5 rings (SSSR count). The Hall–Kier alpha value is -3.71. The van der Waals surface area contributed by atoms with Gasteiger partial charge in [-0.2, -0.15) is 0 Å². The monoisotopic (exact) mass is 461 g/mol.